The van der Waals surface area contributed by atoms with Crippen LogP contribution in [0, 0.1) is 0 Å². The van der Waals surface area contributed by atoms with Crippen molar-refractivity contribution in [2.75, 3.05) is 6.54 Å². The van der Waals surface area contributed by atoms with Crippen molar-refractivity contribution in [1.29, 1.82) is 0 Å². The molecule has 0 radical (unpaired) electrons. The van der Waals surface area contributed by atoms with Gasteiger partial charge >= 0.3 is 6.09 Å². The van der Waals surface area contributed by atoms with E-state index in [0.717, 1.165) is 24.8 Å². The molecule has 0 aliphatic carbocycles. The second-order valence-corrected chi connectivity index (χ2v) is 5.90. The van der Waals surface area contributed by atoms with Crippen molar-refractivity contribution < 1.29 is 9.53 Å². The Hall–Kier alpha value is -2.55. The van der Waals surface area contributed by atoms with Crippen LogP contribution in [0.25, 0.3) is 0 Å². The first kappa shape index (κ1) is 20.5. The topological polar surface area (TPSA) is 38.3 Å². The van der Waals surface area contributed by atoms with E-state index in [2.05, 4.69) is 37.9 Å². The lowest BCUT2D eigenvalue weighted by molar-refractivity contribution is 0.200. The van der Waals surface area contributed by atoms with Gasteiger partial charge < -0.3 is 10.1 Å². The largest absolute Gasteiger partial charge is 0.412 e. The summed E-state index contributed by atoms with van der Waals surface area (Å²) in [5, 5.41) is 2.77. The smallest absolute Gasteiger partial charge is 0.410 e. The summed E-state index contributed by atoms with van der Waals surface area (Å²) in [7, 11) is 0. The van der Waals surface area contributed by atoms with Crippen LogP contribution in [0.2, 0.25) is 0 Å². The summed E-state index contributed by atoms with van der Waals surface area (Å²) in [6.45, 7) is 8.33. The molecule has 3 nitrogen and oxygen atoms in total. The Morgan fingerprint density at radius 2 is 1.72 bits per heavy atom. The molecule has 0 aromatic heterocycles. The van der Waals surface area contributed by atoms with Crippen LogP contribution < -0.4 is 10.1 Å². The highest BCUT2D eigenvalue weighted by atomic mass is 16.6. The van der Waals surface area contributed by atoms with Gasteiger partial charge in [0.25, 0.3) is 0 Å². The molecule has 1 amide bonds. The fraction of sp³-hybridized carbons (Fsp3) is 0.318. The van der Waals surface area contributed by atoms with Crippen molar-refractivity contribution in [2.45, 2.75) is 39.0 Å². The van der Waals surface area contributed by atoms with E-state index in [-0.39, 0.29) is 0 Å². The molecule has 1 aromatic rings. The number of amides is 1. The van der Waals surface area contributed by atoms with Gasteiger partial charge in [0, 0.05) is 6.54 Å². The van der Waals surface area contributed by atoms with E-state index in [1.54, 1.807) is 6.08 Å². The third kappa shape index (κ3) is 9.36. The first-order valence-corrected chi connectivity index (χ1v) is 8.79. The van der Waals surface area contributed by atoms with Crippen LogP contribution in [0.3, 0.4) is 0 Å². The highest BCUT2D eigenvalue weighted by Crippen LogP contribution is 2.25. The van der Waals surface area contributed by atoms with E-state index >= 15 is 0 Å². The first-order chi connectivity index (χ1) is 12.1. The Morgan fingerprint density at radius 1 is 1.08 bits per heavy atom. The number of ether oxygens (including phenoxy) is 1. The van der Waals surface area contributed by atoms with Crippen molar-refractivity contribution in [3.05, 3.63) is 78.9 Å². The quantitative estimate of drug-likeness (QED) is 0.424. The van der Waals surface area contributed by atoms with Crippen LogP contribution >= 0.6 is 0 Å². The van der Waals surface area contributed by atoms with Gasteiger partial charge in [0.05, 0.1) is 0 Å². The zero-order valence-electron chi connectivity index (χ0n) is 15.3. The van der Waals surface area contributed by atoms with Gasteiger partial charge in [-0.25, -0.2) is 4.79 Å². The summed E-state index contributed by atoms with van der Waals surface area (Å²) < 4.78 is 5.40. The molecular weight excluding hydrogens is 310 g/mol. The minimum Gasteiger partial charge on any atom is -0.410 e. The second-order valence-electron chi connectivity index (χ2n) is 5.90. The Morgan fingerprint density at radius 3 is 2.40 bits per heavy atom. The Bertz CT molecular complexity index is 612. The molecule has 0 unspecified atom stereocenters. The molecule has 25 heavy (non-hydrogen) atoms. The van der Waals surface area contributed by atoms with E-state index < -0.39 is 6.09 Å². The number of carbonyl (C=O) groups is 1. The Balaban J connectivity index is 2.23. The van der Waals surface area contributed by atoms with Crippen LogP contribution in [0.1, 0.15) is 44.6 Å². The first-order valence-electron chi connectivity index (χ1n) is 8.79. The van der Waals surface area contributed by atoms with Crippen molar-refractivity contribution >= 4 is 6.09 Å². The van der Waals surface area contributed by atoms with Gasteiger partial charge in [0.15, 0.2) is 0 Å². The standard InChI is InChI=1S/C22H29NO2/c1-4-5-6-7-8-9-10-11-12-15-18-23-22(24)25-21-17-14-13-16-20(21)19(2)3/h4-6,9-14,16-17,19H,1,7-8,15,18H2,2-3H3,(H,23,24). The van der Waals surface area contributed by atoms with Crippen molar-refractivity contribution in [3.63, 3.8) is 0 Å². The molecule has 1 aromatic carbocycles. The van der Waals surface area contributed by atoms with Crippen molar-refractivity contribution in [1.82, 2.24) is 5.32 Å². The van der Waals surface area contributed by atoms with E-state index in [1.165, 1.54) is 0 Å². The molecule has 1 rings (SSSR count). The normalized spacial score (nSPS) is 11.6. The van der Waals surface area contributed by atoms with Gasteiger partial charge in [-0.3, -0.25) is 0 Å². The zero-order valence-corrected chi connectivity index (χ0v) is 15.3. The maximum atomic E-state index is 11.9. The average molecular weight is 339 g/mol. The molecule has 0 aliphatic rings. The lowest BCUT2D eigenvalue weighted by Crippen LogP contribution is -2.27. The predicted octanol–water partition coefficient (Wildman–Crippen LogP) is 5.92. The number of hydrogen-bond acceptors (Lipinski definition) is 2. The molecule has 0 atom stereocenters. The van der Waals surface area contributed by atoms with Crippen molar-refractivity contribution in [2.24, 2.45) is 0 Å². The highest BCUT2D eigenvalue weighted by molar-refractivity contribution is 5.70. The predicted molar refractivity (Wildman–Crippen MR) is 106 cm³/mol. The van der Waals surface area contributed by atoms with E-state index in [1.807, 2.05) is 48.6 Å². The monoisotopic (exact) mass is 339 g/mol. The Kier molecular flexibility index (Phi) is 10.5. The molecule has 3 heteroatoms. The summed E-state index contributed by atoms with van der Waals surface area (Å²) in [4.78, 5) is 11.9. The Labute approximate surface area is 151 Å². The SMILES string of the molecule is C=CC=CCCC=CC=CCCNC(=O)Oc1ccccc1C(C)C. The summed E-state index contributed by atoms with van der Waals surface area (Å²) in [6, 6.07) is 7.63. The lowest BCUT2D eigenvalue weighted by Gasteiger charge is -2.12. The van der Waals surface area contributed by atoms with Crippen LogP contribution in [0.5, 0.6) is 5.75 Å². The maximum Gasteiger partial charge on any atom is 0.412 e. The number of allylic oxidation sites excluding steroid dienone is 6. The molecule has 1 N–H and O–H groups in total. The van der Waals surface area contributed by atoms with Gasteiger partial charge in [0.2, 0.25) is 0 Å². The number of unbranched alkanes of at least 4 members (excludes halogenated alkanes) is 1. The third-order valence-corrected chi connectivity index (χ3v) is 3.48. The second kappa shape index (κ2) is 12.8. The van der Waals surface area contributed by atoms with Gasteiger partial charge in [-0.2, -0.15) is 0 Å². The number of hydrogen-bond donors (Lipinski definition) is 1. The van der Waals surface area contributed by atoms with E-state index in [4.69, 9.17) is 4.74 Å². The molecule has 0 saturated carbocycles. The molecule has 0 aliphatic heterocycles. The minimum absolute atomic E-state index is 0.311. The van der Waals surface area contributed by atoms with Gasteiger partial charge in [-0.1, -0.05) is 81.2 Å². The molecule has 0 bridgehead atoms. The van der Waals surface area contributed by atoms with Crippen LogP contribution in [0.15, 0.2) is 73.4 Å². The fourth-order valence-corrected chi connectivity index (χ4v) is 2.18. The van der Waals surface area contributed by atoms with Crippen LogP contribution in [-0.2, 0) is 0 Å². The summed E-state index contributed by atoms with van der Waals surface area (Å²) >= 11 is 0. The molecular formula is C22H29NO2. The van der Waals surface area contributed by atoms with Crippen LogP contribution in [-0.4, -0.2) is 12.6 Å². The number of rotatable bonds is 10. The van der Waals surface area contributed by atoms with Gasteiger partial charge in [-0.15, -0.1) is 0 Å². The lowest BCUT2D eigenvalue weighted by atomic mass is 10.0. The number of nitrogens with one attached hydrogen (secondary N) is 1. The summed E-state index contributed by atoms with van der Waals surface area (Å²) in [6.07, 6.45) is 16.4. The van der Waals surface area contributed by atoms with Crippen molar-refractivity contribution in [3.8, 4) is 5.75 Å². The molecule has 0 saturated heterocycles. The maximum absolute atomic E-state index is 11.9. The highest BCUT2D eigenvalue weighted by Gasteiger charge is 2.10. The third-order valence-electron chi connectivity index (χ3n) is 3.48. The number of benzene rings is 1. The number of para-hydroxylation sites is 1. The molecule has 134 valence electrons. The summed E-state index contributed by atoms with van der Waals surface area (Å²) in [5.41, 5.74) is 1.03. The molecule has 0 fully saturated rings. The molecule has 0 spiro atoms. The fourth-order valence-electron chi connectivity index (χ4n) is 2.18. The van der Waals surface area contributed by atoms with Gasteiger partial charge in [-0.05, 0) is 36.8 Å². The van der Waals surface area contributed by atoms with Gasteiger partial charge in [0.1, 0.15) is 5.75 Å². The average Bonchev–Trinajstić information content (AvgIpc) is 2.60. The molecule has 0 heterocycles. The van der Waals surface area contributed by atoms with E-state index in [0.29, 0.717) is 18.2 Å². The number of carbonyl (C=O) groups excluding carboxylic acids is 1. The minimum atomic E-state index is -0.411. The summed E-state index contributed by atoms with van der Waals surface area (Å²) in [5.74, 6) is 0.935. The zero-order chi connectivity index (χ0) is 18.3. The van der Waals surface area contributed by atoms with Crippen LogP contribution in [0.4, 0.5) is 4.79 Å². The van der Waals surface area contributed by atoms with E-state index in [9.17, 15) is 4.79 Å².